The van der Waals surface area contributed by atoms with Crippen LogP contribution in [0.5, 0.6) is 0 Å². The summed E-state index contributed by atoms with van der Waals surface area (Å²) in [5.74, 6) is -7.12. The third-order valence-electron chi connectivity index (χ3n) is 1.70. The SMILES string of the molecule is O=C(CCBr)Nc1c(F)c(F)cc(F)c1F. The number of nitrogens with one attached hydrogen (secondary N) is 1. The molecule has 0 atom stereocenters. The smallest absolute Gasteiger partial charge is 0.225 e. The Balaban J connectivity index is 3.07. The number of carbonyl (C=O) groups is 1. The van der Waals surface area contributed by atoms with Crippen molar-refractivity contribution in [2.75, 3.05) is 10.6 Å². The van der Waals surface area contributed by atoms with Crippen LogP contribution in [0.2, 0.25) is 0 Å². The zero-order valence-corrected chi connectivity index (χ0v) is 9.38. The molecule has 1 N–H and O–H groups in total. The van der Waals surface area contributed by atoms with Gasteiger partial charge in [0.15, 0.2) is 23.3 Å². The monoisotopic (exact) mass is 299 g/mol. The highest BCUT2D eigenvalue weighted by Crippen LogP contribution is 2.24. The van der Waals surface area contributed by atoms with Crippen LogP contribution in [-0.2, 0) is 4.79 Å². The topological polar surface area (TPSA) is 29.1 Å². The number of anilines is 1. The van der Waals surface area contributed by atoms with Crippen LogP contribution in [0.4, 0.5) is 23.2 Å². The maximum Gasteiger partial charge on any atom is 0.225 e. The second-order valence-electron chi connectivity index (χ2n) is 2.83. The fourth-order valence-electron chi connectivity index (χ4n) is 0.971. The van der Waals surface area contributed by atoms with E-state index in [0.717, 1.165) is 0 Å². The van der Waals surface area contributed by atoms with Crippen molar-refractivity contribution in [2.24, 2.45) is 0 Å². The van der Waals surface area contributed by atoms with Crippen molar-refractivity contribution in [3.8, 4) is 0 Å². The van der Waals surface area contributed by atoms with Crippen LogP contribution in [-0.4, -0.2) is 11.2 Å². The number of halogens is 5. The number of rotatable bonds is 3. The fourth-order valence-corrected chi connectivity index (χ4v) is 1.33. The molecule has 0 aliphatic rings. The second kappa shape index (κ2) is 5.29. The lowest BCUT2D eigenvalue weighted by atomic mass is 10.2. The van der Waals surface area contributed by atoms with E-state index in [4.69, 9.17) is 0 Å². The summed E-state index contributed by atoms with van der Waals surface area (Å²) < 4.78 is 51.5. The van der Waals surface area contributed by atoms with Crippen LogP contribution in [0.1, 0.15) is 6.42 Å². The fraction of sp³-hybridized carbons (Fsp3) is 0.222. The highest BCUT2D eigenvalue weighted by molar-refractivity contribution is 9.09. The summed E-state index contributed by atoms with van der Waals surface area (Å²) in [6.07, 6.45) is -0.0724. The molecule has 16 heavy (non-hydrogen) atoms. The zero-order valence-electron chi connectivity index (χ0n) is 7.79. The molecule has 1 aromatic carbocycles. The standard InChI is InChI=1S/C9H6BrF4NO/c10-2-1-6(16)15-9-7(13)4(11)3-5(12)8(9)14/h3H,1-2H2,(H,15,16). The number of carbonyl (C=O) groups excluding carboxylic acids is 1. The van der Waals surface area contributed by atoms with Crippen molar-refractivity contribution >= 4 is 27.5 Å². The molecule has 0 bridgehead atoms. The first-order chi connectivity index (χ1) is 7.47. The van der Waals surface area contributed by atoms with Crippen LogP contribution in [0.15, 0.2) is 6.07 Å². The van der Waals surface area contributed by atoms with Crippen molar-refractivity contribution in [1.29, 1.82) is 0 Å². The van der Waals surface area contributed by atoms with Gasteiger partial charge in [0.25, 0.3) is 0 Å². The van der Waals surface area contributed by atoms with Gasteiger partial charge in [-0.3, -0.25) is 4.79 Å². The van der Waals surface area contributed by atoms with Crippen molar-refractivity contribution in [2.45, 2.75) is 6.42 Å². The average Bonchev–Trinajstić information content (AvgIpc) is 2.22. The van der Waals surface area contributed by atoms with Gasteiger partial charge in [-0.1, -0.05) is 15.9 Å². The van der Waals surface area contributed by atoms with Crippen molar-refractivity contribution < 1.29 is 22.4 Å². The summed E-state index contributed by atoms with van der Waals surface area (Å²) in [7, 11) is 0. The van der Waals surface area contributed by atoms with E-state index >= 15 is 0 Å². The largest absolute Gasteiger partial charge is 0.321 e. The van der Waals surface area contributed by atoms with Crippen LogP contribution < -0.4 is 5.32 Å². The first kappa shape index (κ1) is 13.0. The highest BCUT2D eigenvalue weighted by Gasteiger charge is 2.20. The Bertz CT molecular complexity index is 398. The van der Waals surface area contributed by atoms with E-state index in [9.17, 15) is 22.4 Å². The molecule has 0 fully saturated rings. The lowest BCUT2D eigenvalue weighted by molar-refractivity contribution is -0.115. The predicted octanol–water partition coefficient (Wildman–Crippen LogP) is 2.97. The molecule has 0 heterocycles. The van der Waals surface area contributed by atoms with Gasteiger partial charge in [-0.25, -0.2) is 17.6 Å². The maximum absolute atomic E-state index is 13.0. The lowest BCUT2D eigenvalue weighted by Crippen LogP contribution is -2.15. The molecule has 0 spiro atoms. The van der Waals surface area contributed by atoms with E-state index in [0.29, 0.717) is 0 Å². The van der Waals surface area contributed by atoms with E-state index in [1.54, 1.807) is 5.32 Å². The van der Waals surface area contributed by atoms with Gasteiger partial charge >= 0.3 is 0 Å². The van der Waals surface area contributed by atoms with Crippen LogP contribution in [0.25, 0.3) is 0 Å². The molecule has 0 radical (unpaired) electrons. The van der Waals surface area contributed by atoms with Gasteiger partial charge in [-0.05, 0) is 0 Å². The number of hydrogen-bond acceptors (Lipinski definition) is 1. The molecule has 1 rings (SSSR count). The molecular weight excluding hydrogens is 294 g/mol. The summed E-state index contributed by atoms with van der Waals surface area (Å²) in [4.78, 5) is 11.0. The second-order valence-corrected chi connectivity index (χ2v) is 3.62. The third kappa shape index (κ3) is 2.72. The minimum Gasteiger partial charge on any atom is -0.321 e. The summed E-state index contributed by atoms with van der Waals surface area (Å²) in [6, 6.07) is 0.0742. The number of alkyl halides is 1. The molecule has 1 amide bonds. The molecule has 88 valence electrons. The van der Waals surface area contributed by atoms with E-state index in [2.05, 4.69) is 15.9 Å². The Hall–Kier alpha value is -1.11. The van der Waals surface area contributed by atoms with E-state index in [1.807, 2.05) is 0 Å². The number of hydrogen-bond donors (Lipinski definition) is 1. The summed E-state index contributed by atoms with van der Waals surface area (Å²) in [5, 5.41) is 2.03. The van der Waals surface area contributed by atoms with Gasteiger partial charge in [-0.15, -0.1) is 0 Å². The number of benzene rings is 1. The zero-order chi connectivity index (χ0) is 12.3. The maximum atomic E-state index is 13.0. The van der Waals surface area contributed by atoms with Crippen molar-refractivity contribution in [3.63, 3.8) is 0 Å². The molecular formula is C9H6BrF4NO. The Kier molecular flexibility index (Phi) is 4.28. The Morgan fingerprint density at radius 1 is 1.19 bits per heavy atom. The minimum absolute atomic E-state index is 0.0724. The Morgan fingerprint density at radius 2 is 1.69 bits per heavy atom. The molecule has 7 heteroatoms. The predicted molar refractivity (Wildman–Crippen MR) is 53.3 cm³/mol. The highest BCUT2D eigenvalue weighted by atomic mass is 79.9. The Morgan fingerprint density at radius 3 is 2.12 bits per heavy atom. The summed E-state index contributed by atoms with van der Waals surface area (Å²) in [6.45, 7) is 0. The minimum atomic E-state index is -1.62. The van der Waals surface area contributed by atoms with E-state index in [1.165, 1.54) is 0 Å². The van der Waals surface area contributed by atoms with Crippen molar-refractivity contribution in [1.82, 2.24) is 0 Å². The average molecular weight is 300 g/mol. The van der Waals surface area contributed by atoms with Gasteiger partial charge in [-0.2, -0.15) is 0 Å². The molecule has 1 aromatic rings. The quantitative estimate of drug-likeness (QED) is 0.519. The van der Waals surface area contributed by atoms with Crippen LogP contribution in [0, 0.1) is 23.3 Å². The number of amides is 1. The first-order valence-corrected chi connectivity index (χ1v) is 5.28. The molecule has 0 saturated carbocycles. The normalized spacial score (nSPS) is 10.3. The lowest BCUT2D eigenvalue weighted by Gasteiger charge is -2.07. The molecule has 0 aliphatic carbocycles. The summed E-state index contributed by atoms with van der Waals surface area (Å²) in [5.41, 5.74) is -1.11. The van der Waals surface area contributed by atoms with Gasteiger partial charge in [0.05, 0.1) is 0 Å². The van der Waals surface area contributed by atoms with Gasteiger partial charge < -0.3 is 5.32 Å². The van der Waals surface area contributed by atoms with Gasteiger partial charge in [0.1, 0.15) is 5.69 Å². The van der Waals surface area contributed by atoms with E-state index in [-0.39, 0.29) is 17.8 Å². The van der Waals surface area contributed by atoms with Crippen molar-refractivity contribution in [3.05, 3.63) is 29.3 Å². The Labute approximate surface area is 96.8 Å². The molecule has 0 aromatic heterocycles. The first-order valence-electron chi connectivity index (χ1n) is 4.16. The molecule has 0 saturated heterocycles. The van der Waals surface area contributed by atoms with E-state index < -0.39 is 34.9 Å². The van der Waals surface area contributed by atoms with Gasteiger partial charge in [0, 0.05) is 17.8 Å². The van der Waals surface area contributed by atoms with Gasteiger partial charge in [0.2, 0.25) is 5.91 Å². The molecule has 2 nitrogen and oxygen atoms in total. The summed E-state index contributed by atoms with van der Waals surface area (Å²) >= 11 is 2.93. The third-order valence-corrected chi connectivity index (χ3v) is 2.09. The molecule has 0 unspecified atom stereocenters. The van der Waals surface area contributed by atoms with Crippen LogP contribution in [0.3, 0.4) is 0 Å². The van der Waals surface area contributed by atoms with Crippen LogP contribution >= 0.6 is 15.9 Å². The molecule has 0 aliphatic heterocycles.